The van der Waals surface area contributed by atoms with E-state index in [9.17, 15) is 18.4 Å². The lowest BCUT2D eigenvalue weighted by Crippen LogP contribution is -2.38. The molecule has 216 valence electrons. The summed E-state index contributed by atoms with van der Waals surface area (Å²) in [7, 11) is -3.95. The van der Waals surface area contributed by atoms with Crippen LogP contribution in [0.15, 0.2) is 96.0 Å². The van der Waals surface area contributed by atoms with E-state index in [-0.39, 0.29) is 17.9 Å². The van der Waals surface area contributed by atoms with E-state index in [0.717, 1.165) is 33.9 Å². The van der Waals surface area contributed by atoms with Crippen molar-refractivity contribution < 1.29 is 32.6 Å². The highest BCUT2D eigenvalue weighted by Crippen LogP contribution is 2.21. The molecule has 0 aliphatic heterocycles. The van der Waals surface area contributed by atoms with Gasteiger partial charge in [0.05, 0.1) is 31.1 Å². The Hall–Kier alpha value is -4.15. The fourth-order valence-corrected chi connectivity index (χ4v) is 5.72. The van der Waals surface area contributed by atoms with E-state index >= 15 is 0 Å². The van der Waals surface area contributed by atoms with Crippen molar-refractivity contribution in [2.75, 3.05) is 25.1 Å². The third kappa shape index (κ3) is 8.92. The summed E-state index contributed by atoms with van der Waals surface area (Å²) in [5, 5.41) is 15.0. The number of hydrogen-bond donors (Lipinski definition) is 3. The molecule has 0 unspecified atom stereocenters. The lowest BCUT2D eigenvalue weighted by atomic mass is 10.0. The van der Waals surface area contributed by atoms with E-state index in [1.165, 1.54) is 12.1 Å². The zero-order valence-electron chi connectivity index (χ0n) is 23.0. The van der Waals surface area contributed by atoms with Crippen LogP contribution in [0.1, 0.15) is 31.7 Å². The highest BCUT2D eigenvalue weighted by Gasteiger charge is 2.24. The fraction of sp³-hybridized carbons (Fsp3) is 0.290. The van der Waals surface area contributed by atoms with Gasteiger partial charge in [0.15, 0.2) is 0 Å². The van der Waals surface area contributed by atoms with Crippen molar-refractivity contribution in [3.05, 3.63) is 96.7 Å². The number of ether oxygens (including phenoxy) is 2. The molecular weight excluding hydrogens is 542 g/mol. The molecule has 4 aromatic rings. The van der Waals surface area contributed by atoms with Gasteiger partial charge >= 0.3 is 11.8 Å². The van der Waals surface area contributed by atoms with Crippen molar-refractivity contribution in [3.63, 3.8) is 0 Å². The number of benzene rings is 3. The number of carbonyl (C=O) groups excluding carboxylic acids is 1. The van der Waals surface area contributed by atoms with Gasteiger partial charge in [-0.3, -0.25) is 10.1 Å². The third-order valence-electron chi connectivity index (χ3n) is 6.44. The second kappa shape index (κ2) is 14.5. The van der Waals surface area contributed by atoms with E-state index in [0.29, 0.717) is 31.1 Å². The molecule has 3 N–H and O–H groups in total. The van der Waals surface area contributed by atoms with Crippen molar-refractivity contribution in [1.29, 1.82) is 0 Å². The van der Waals surface area contributed by atoms with E-state index in [2.05, 4.69) is 10.0 Å². The van der Waals surface area contributed by atoms with Gasteiger partial charge in [-0.25, -0.2) is 13.1 Å². The second-order valence-electron chi connectivity index (χ2n) is 9.60. The van der Waals surface area contributed by atoms with Crippen LogP contribution >= 0.6 is 0 Å². The molecule has 0 aliphatic carbocycles. The maximum Gasteiger partial charge on any atom is 0.313 e. The molecule has 4 rings (SSSR count). The number of hydrogen-bond acceptors (Lipinski definition) is 7. The number of sulfonamides is 1. The number of unbranched alkanes of at least 4 members (excludes halogenated alkanes) is 1. The maximum atomic E-state index is 13.4. The maximum absolute atomic E-state index is 13.4. The van der Waals surface area contributed by atoms with Crippen molar-refractivity contribution in [2.45, 2.75) is 43.5 Å². The number of fused-ring (bicyclic) bond motifs is 1. The first kappa shape index (κ1) is 29.8. The summed E-state index contributed by atoms with van der Waals surface area (Å²) < 4.78 is 41.4. The Labute approximate surface area is 240 Å². The van der Waals surface area contributed by atoms with Crippen LogP contribution < -0.4 is 19.5 Å². The van der Waals surface area contributed by atoms with Crippen molar-refractivity contribution in [2.24, 2.45) is 0 Å². The Morgan fingerprint density at radius 2 is 1.76 bits per heavy atom. The van der Waals surface area contributed by atoms with E-state index in [1.807, 2.05) is 48.5 Å². The predicted molar refractivity (Wildman–Crippen MR) is 156 cm³/mol. The lowest BCUT2D eigenvalue weighted by Gasteiger charge is -2.19. The zero-order valence-corrected chi connectivity index (χ0v) is 23.8. The fourth-order valence-electron chi connectivity index (χ4n) is 4.45. The molecule has 0 spiro atoms. The molecule has 0 radical (unpaired) electrons. The average Bonchev–Trinajstić information content (AvgIpc) is 2.96. The number of pyridine rings is 1. The van der Waals surface area contributed by atoms with Crippen molar-refractivity contribution >= 4 is 32.6 Å². The molecule has 1 heterocycles. The largest absolute Gasteiger partial charge is 0.494 e. The molecule has 0 saturated heterocycles. The number of aromatic nitrogens is 1. The number of rotatable bonds is 15. The van der Waals surface area contributed by atoms with Crippen LogP contribution in [0.4, 0.5) is 5.82 Å². The van der Waals surface area contributed by atoms with Crippen LogP contribution in [0.2, 0.25) is 0 Å². The number of nitrogens with one attached hydrogen (secondary N) is 2. The third-order valence-corrected chi connectivity index (χ3v) is 7.96. The van der Waals surface area contributed by atoms with E-state index < -0.39 is 22.0 Å². The number of nitrogens with zero attached hydrogens (tertiary/aromatic N) is 1. The molecule has 3 aromatic carbocycles. The Morgan fingerprint density at radius 1 is 0.951 bits per heavy atom. The summed E-state index contributed by atoms with van der Waals surface area (Å²) in [4.78, 5) is 12.4. The second-order valence-corrected chi connectivity index (χ2v) is 11.3. The predicted octanol–water partition coefficient (Wildman–Crippen LogP) is 4.48. The summed E-state index contributed by atoms with van der Waals surface area (Å²) in [5.41, 5.74) is 0.911. The summed E-state index contributed by atoms with van der Waals surface area (Å²) >= 11 is 0. The Morgan fingerprint density at radius 3 is 2.56 bits per heavy atom. The van der Waals surface area contributed by atoms with Crippen molar-refractivity contribution in [1.82, 2.24) is 4.72 Å². The number of anilines is 1. The van der Waals surface area contributed by atoms with Crippen LogP contribution in [0, 0.1) is 0 Å². The molecule has 9 nitrogen and oxygen atoms in total. The molecule has 0 aliphatic rings. The number of carbonyl (C=O) groups is 1. The monoisotopic (exact) mass is 578 g/mol. The van der Waals surface area contributed by atoms with Gasteiger partial charge in [0.1, 0.15) is 11.9 Å². The minimum absolute atomic E-state index is 0.0561. The van der Waals surface area contributed by atoms with Gasteiger partial charge < -0.3 is 14.7 Å². The lowest BCUT2D eigenvalue weighted by molar-refractivity contribution is -0.893. The first-order valence-electron chi connectivity index (χ1n) is 13.7. The van der Waals surface area contributed by atoms with Crippen LogP contribution in [-0.2, 0) is 26.0 Å². The minimum atomic E-state index is -3.95. The van der Waals surface area contributed by atoms with Gasteiger partial charge in [-0.05, 0) is 60.7 Å². The van der Waals surface area contributed by atoms with Gasteiger partial charge in [0.2, 0.25) is 10.0 Å². The quantitative estimate of drug-likeness (QED) is 0.0824. The van der Waals surface area contributed by atoms with E-state index in [1.54, 1.807) is 37.4 Å². The number of esters is 1. The zero-order chi connectivity index (χ0) is 29.1. The molecule has 41 heavy (non-hydrogen) atoms. The molecule has 0 bridgehead atoms. The summed E-state index contributed by atoms with van der Waals surface area (Å²) in [5.74, 6) is 0.572. The highest BCUT2D eigenvalue weighted by atomic mass is 32.2. The Balaban J connectivity index is 1.36. The Bertz CT molecular complexity index is 1560. The van der Waals surface area contributed by atoms with Crippen LogP contribution in [0.3, 0.4) is 0 Å². The standard InChI is InChI=1S/C31H35N3O6S/c1-2-39-31(35)22-27(21-24-15-16-25-10-3-4-11-26(25)20-24)33-41(37,38)29-13-9-12-28(23-29)40-19-8-6-17-32-30-14-5-7-18-34(30)36/h3-5,7,9-16,18,20,23,27,33,36H,2,6,8,17,19,21-22H2,1H3/p+1/t27-/m0/s1. The first-order chi connectivity index (χ1) is 19.8. The van der Waals surface area contributed by atoms with E-state index in [4.69, 9.17) is 9.47 Å². The molecule has 1 aromatic heterocycles. The molecular formula is C31H36N3O6S+. The first-order valence-corrected chi connectivity index (χ1v) is 15.1. The molecule has 0 amide bonds. The average molecular weight is 579 g/mol. The van der Waals surface area contributed by atoms with Crippen molar-refractivity contribution in [3.8, 4) is 5.75 Å². The van der Waals surface area contributed by atoms with Crippen LogP contribution in [0.25, 0.3) is 10.8 Å². The van der Waals surface area contributed by atoms with Gasteiger partial charge in [-0.15, -0.1) is 0 Å². The summed E-state index contributed by atoms with van der Waals surface area (Å²) in [6.45, 7) is 2.98. The van der Waals surface area contributed by atoms with Crippen LogP contribution in [-0.4, -0.2) is 45.4 Å². The van der Waals surface area contributed by atoms with Gasteiger partial charge in [0.25, 0.3) is 0 Å². The molecule has 1 atom stereocenters. The Kier molecular flexibility index (Phi) is 10.5. The molecule has 0 fully saturated rings. The summed E-state index contributed by atoms with van der Waals surface area (Å²) in [6.07, 6.45) is 3.30. The van der Waals surface area contributed by atoms with Gasteiger partial charge in [-0.1, -0.05) is 59.3 Å². The van der Waals surface area contributed by atoms with Crippen LogP contribution in [0.5, 0.6) is 5.75 Å². The summed E-state index contributed by atoms with van der Waals surface area (Å²) in [6, 6.07) is 24.8. The minimum Gasteiger partial charge on any atom is -0.494 e. The smallest absolute Gasteiger partial charge is 0.313 e. The molecule has 10 heteroatoms. The van der Waals surface area contributed by atoms with Gasteiger partial charge in [-0.2, -0.15) is 0 Å². The highest BCUT2D eigenvalue weighted by molar-refractivity contribution is 7.89. The topological polar surface area (TPSA) is 118 Å². The normalized spacial score (nSPS) is 12.1. The van der Waals surface area contributed by atoms with Gasteiger partial charge in [0, 0.05) is 18.2 Å². The molecule has 0 saturated carbocycles. The SMILES string of the molecule is CCOC(=O)C[C@H](Cc1ccc2ccccc2c1)NS(=O)(=O)c1cccc(OCCCCNc2cccc[n+]2O)c1.